The molecular formula is C25H22N2O3. The lowest BCUT2D eigenvalue weighted by Gasteiger charge is -2.16. The highest BCUT2D eigenvalue weighted by molar-refractivity contribution is 6.02. The number of hydrogen-bond acceptors (Lipinski definition) is 4. The van der Waals surface area contributed by atoms with Crippen molar-refractivity contribution >= 4 is 22.7 Å². The predicted octanol–water partition coefficient (Wildman–Crippen LogP) is 5.07. The smallest absolute Gasteiger partial charge is 0.265 e. The lowest BCUT2D eigenvalue weighted by molar-refractivity contribution is 0.415. The quantitative estimate of drug-likeness (QED) is 0.488. The van der Waals surface area contributed by atoms with E-state index in [1.54, 1.807) is 25.5 Å². The van der Waals surface area contributed by atoms with Crippen LogP contribution in [0.25, 0.3) is 16.5 Å². The van der Waals surface area contributed by atoms with Gasteiger partial charge >= 0.3 is 0 Å². The molecule has 4 aromatic rings. The van der Waals surface area contributed by atoms with E-state index in [-0.39, 0.29) is 11.4 Å². The molecule has 30 heavy (non-hydrogen) atoms. The Morgan fingerprint density at radius 3 is 2.47 bits per heavy atom. The minimum atomic E-state index is -0.270. The Bertz CT molecular complexity index is 1340. The second-order valence-electron chi connectivity index (χ2n) is 7.17. The van der Waals surface area contributed by atoms with Gasteiger partial charge in [0.25, 0.3) is 5.56 Å². The molecule has 0 bridgehead atoms. The number of hydrogen-bond donors (Lipinski definition) is 1. The molecule has 0 aliphatic rings. The fourth-order valence-electron chi connectivity index (χ4n) is 3.60. The summed E-state index contributed by atoms with van der Waals surface area (Å²) in [6, 6.07) is 20.3. The zero-order valence-electron chi connectivity index (χ0n) is 17.1. The van der Waals surface area contributed by atoms with Crippen LogP contribution in [0.1, 0.15) is 16.7 Å². The summed E-state index contributed by atoms with van der Waals surface area (Å²) in [7, 11) is 1.60. The van der Waals surface area contributed by atoms with E-state index >= 15 is 0 Å². The van der Waals surface area contributed by atoms with Crippen molar-refractivity contribution in [3.63, 3.8) is 0 Å². The van der Waals surface area contributed by atoms with Crippen LogP contribution in [0.3, 0.4) is 0 Å². The molecule has 0 aliphatic heterocycles. The number of aliphatic imine (C=N–C) groups is 1. The molecule has 0 aliphatic carbocycles. The van der Waals surface area contributed by atoms with Gasteiger partial charge in [0.15, 0.2) is 0 Å². The van der Waals surface area contributed by atoms with Gasteiger partial charge < -0.3 is 9.84 Å². The van der Waals surface area contributed by atoms with E-state index in [0.717, 1.165) is 11.1 Å². The summed E-state index contributed by atoms with van der Waals surface area (Å²) in [6.07, 6.45) is 1.59. The van der Waals surface area contributed by atoms with Gasteiger partial charge in [-0.2, -0.15) is 0 Å². The number of methoxy groups -OCH3 is 1. The highest BCUT2D eigenvalue weighted by Crippen LogP contribution is 2.28. The molecule has 5 heteroatoms. The number of pyridine rings is 1. The summed E-state index contributed by atoms with van der Waals surface area (Å²) in [4.78, 5) is 17.8. The average Bonchev–Trinajstić information content (AvgIpc) is 2.75. The Morgan fingerprint density at radius 1 is 0.967 bits per heavy atom. The summed E-state index contributed by atoms with van der Waals surface area (Å²) in [6.45, 7) is 3.92. The fraction of sp³-hybridized carbons (Fsp3) is 0.120. The molecule has 1 heterocycles. The second-order valence-corrected chi connectivity index (χ2v) is 7.17. The molecule has 1 aromatic heterocycles. The van der Waals surface area contributed by atoms with Crippen LogP contribution in [0, 0.1) is 13.8 Å². The number of nitrogens with zero attached hydrogens (tertiary/aromatic N) is 2. The number of fused-ring (bicyclic) bond motifs is 1. The van der Waals surface area contributed by atoms with Gasteiger partial charge in [0, 0.05) is 23.1 Å². The van der Waals surface area contributed by atoms with Gasteiger partial charge in [-0.15, -0.1) is 0 Å². The molecule has 0 fully saturated rings. The SMILES string of the molecule is COc1cccc(N=Cc2c(O)n(-c3ccc(C)cc3C)c(=O)c3ccccc23)c1. The maximum atomic E-state index is 13.2. The minimum absolute atomic E-state index is 0.141. The lowest BCUT2D eigenvalue weighted by atomic mass is 10.1. The predicted molar refractivity (Wildman–Crippen MR) is 121 cm³/mol. The van der Waals surface area contributed by atoms with Crippen LogP contribution in [-0.4, -0.2) is 23.0 Å². The first-order valence-corrected chi connectivity index (χ1v) is 9.62. The third-order valence-electron chi connectivity index (χ3n) is 5.09. The zero-order chi connectivity index (χ0) is 21.3. The van der Waals surface area contributed by atoms with Gasteiger partial charge in [0.2, 0.25) is 5.88 Å². The maximum Gasteiger partial charge on any atom is 0.265 e. The highest BCUT2D eigenvalue weighted by atomic mass is 16.5. The molecule has 0 saturated carbocycles. The van der Waals surface area contributed by atoms with Crippen molar-refractivity contribution in [2.75, 3.05) is 7.11 Å². The van der Waals surface area contributed by atoms with Crippen molar-refractivity contribution in [2.24, 2.45) is 4.99 Å². The molecule has 0 amide bonds. The molecule has 0 unspecified atom stereocenters. The van der Waals surface area contributed by atoms with Gasteiger partial charge in [-0.3, -0.25) is 9.79 Å². The average molecular weight is 398 g/mol. The molecule has 0 spiro atoms. The molecule has 150 valence electrons. The van der Waals surface area contributed by atoms with E-state index < -0.39 is 0 Å². The van der Waals surface area contributed by atoms with E-state index in [1.165, 1.54) is 4.57 Å². The molecule has 0 saturated heterocycles. The van der Waals surface area contributed by atoms with Gasteiger partial charge in [-0.05, 0) is 43.7 Å². The van der Waals surface area contributed by atoms with Gasteiger partial charge in [-0.25, -0.2) is 4.57 Å². The Morgan fingerprint density at radius 2 is 1.73 bits per heavy atom. The third kappa shape index (κ3) is 3.46. The van der Waals surface area contributed by atoms with Gasteiger partial charge in [-0.1, -0.05) is 42.0 Å². The molecule has 1 N–H and O–H groups in total. The standard InChI is InChI=1S/C25H22N2O3/c1-16-11-12-23(17(2)13-16)27-24(28)21-10-5-4-9-20(21)22(25(27)29)15-26-18-7-6-8-19(14-18)30-3/h4-15,29H,1-3H3. The summed E-state index contributed by atoms with van der Waals surface area (Å²) < 4.78 is 6.60. The number of aryl methyl sites for hydroxylation is 2. The van der Waals surface area contributed by atoms with E-state index in [1.807, 2.05) is 68.4 Å². The normalized spacial score (nSPS) is 11.3. The number of rotatable bonds is 4. The number of ether oxygens (including phenoxy) is 1. The van der Waals surface area contributed by atoms with E-state index in [4.69, 9.17) is 4.74 Å². The van der Waals surface area contributed by atoms with E-state index in [9.17, 15) is 9.90 Å². The first kappa shape index (κ1) is 19.5. The monoisotopic (exact) mass is 398 g/mol. The summed E-state index contributed by atoms with van der Waals surface area (Å²) in [5.74, 6) is 0.552. The van der Waals surface area contributed by atoms with Crippen LogP contribution in [0.15, 0.2) is 76.5 Å². The molecule has 4 rings (SSSR count). The summed E-state index contributed by atoms with van der Waals surface area (Å²) in [5.41, 5.74) is 3.52. The minimum Gasteiger partial charge on any atom is -0.497 e. The second kappa shape index (κ2) is 7.87. The van der Waals surface area contributed by atoms with Crippen LogP contribution < -0.4 is 10.3 Å². The summed E-state index contributed by atoms with van der Waals surface area (Å²) in [5, 5.41) is 12.3. The Labute approximate surface area is 174 Å². The van der Waals surface area contributed by atoms with Crippen molar-refractivity contribution in [3.8, 4) is 17.3 Å². The third-order valence-corrected chi connectivity index (χ3v) is 5.09. The molecule has 0 radical (unpaired) electrons. The van der Waals surface area contributed by atoms with E-state index in [0.29, 0.717) is 33.5 Å². The number of benzene rings is 3. The van der Waals surface area contributed by atoms with Crippen LogP contribution in [0.4, 0.5) is 5.69 Å². The van der Waals surface area contributed by atoms with E-state index in [2.05, 4.69) is 4.99 Å². The topological polar surface area (TPSA) is 63.8 Å². The Kier molecular flexibility index (Phi) is 5.11. The summed E-state index contributed by atoms with van der Waals surface area (Å²) >= 11 is 0. The molecule has 5 nitrogen and oxygen atoms in total. The van der Waals surface area contributed by atoms with Crippen molar-refractivity contribution in [2.45, 2.75) is 13.8 Å². The first-order chi connectivity index (χ1) is 14.5. The van der Waals surface area contributed by atoms with Crippen molar-refractivity contribution in [3.05, 3.63) is 93.8 Å². The largest absolute Gasteiger partial charge is 0.497 e. The van der Waals surface area contributed by atoms with Crippen LogP contribution >= 0.6 is 0 Å². The Balaban J connectivity index is 1.97. The maximum absolute atomic E-state index is 13.2. The van der Waals surface area contributed by atoms with Crippen LogP contribution in [0.2, 0.25) is 0 Å². The molecule has 3 aromatic carbocycles. The lowest BCUT2D eigenvalue weighted by Crippen LogP contribution is -2.21. The van der Waals surface area contributed by atoms with Crippen molar-refractivity contribution in [1.82, 2.24) is 4.57 Å². The van der Waals surface area contributed by atoms with Crippen LogP contribution in [0.5, 0.6) is 11.6 Å². The number of aromatic hydroxyl groups is 1. The first-order valence-electron chi connectivity index (χ1n) is 9.62. The van der Waals surface area contributed by atoms with Crippen LogP contribution in [-0.2, 0) is 0 Å². The molecule has 0 atom stereocenters. The van der Waals surface area contributed by atoms with Crippen molar-refractivity contribution in [1.29, 1.82) is 0 Å². The molecular weight excluding hydrogens is 376 g/mol. The van der Waals surface area contributed by atoms with Gasteiger partial charge in [0.05, 0.1) is 24.0 Å². The highest BCUT2D eigenvalue weighted by Gasteiger charge is 2.17. The fourth-order valence-corrected chi connectivity index (χ4v) is 3.60. The zero-order valence-corrected chi connectivity index (χ0v) is 17.1. The Hall–Kier alpha value is -3.86. The van der Waals surface area contributed by atoms with Gasteiger partial charge in [0.1, 0.15) is 5.75 Å². The van der Waals surface area contributed by atoms with Crippen molar-refractivity contribution < 1.29 is 9.84 Å². The number of aromatic nitrogens is 1.